The first kappa shape index (κ1) is 20.3. The first-order chi connectivity index (χ1) is 16.0. The Bertz CT molecular complexity index is 1470. The van der Waals surface area contributed by atoms with Crippen LogP contribution in [0.25, 0.3) is 28.2 Å². The van der Waals surface area contributed by atoms with Crippen molar-refractivity contribution >= 4 is 5.82 Å². The van der Waals surface area contributed by atoms with Gasteiger partial charge < -0.3 is 5.73 Å². The van der Waals surface area contributed by atoms with Gasteiger partial charge in [-0.1, -0.05) is 18.2 Å². The normalized spacial score (nSPS) is 10.9. The van der Waals surface area contributed by atoms with Gasteiger partial charge in [0, 0.05) is 61.0 Å². The van der Waals surface area contributed by atoms with E-state index in [4.69, 9.17) is 5.73 Å². The van der Waals surface area contributed by atoms with Crippen LogP contribution < -0.4 is 11.2 Å². The summed E-state index contributed by atoms with van der Waals surface area (Å²) >= 11 is 0. The second kappa shape index (κ2) is 8.46. The molecule has 0 amide bonds. The molecule has 162 valence electrons. The number of aryl methyl sites for hydroxylation is 1. The zero-order valence-electron chi connectivity index (χ0n) is 17.8. The van der Waals surface area contributed by atoms with E-state index in [1.807, 2.05) is 43.6 Å². The summed E-state index contributed by atoms with van der Waals surface area (Å²) in [5, 5.41) is 8.67. The predicted octanol–water partition coefficient (Wildman–Crippen LogP) is 2.66. The number of anilines is 1. The van der Waals surface area contributed by atoms with Crippen molar-refractivity contribution in [3.8, 4) is 28.2 Å². The molecule has 1 aromatic carbocycles. The van der Waals surface area contributed by atoms with Crippen molar-refractivity contribution in [1.82, 2.24) is 34.5 Å². The molecule has 9 nitrogen and oxygen atoms in total. The fourth-order valence-corrected chi connectivity index (χ4v) is 3.46. The maximum Gasteiger partial charge on any atom is 0.203 e. The van der Waals surface area contributed by atoms with Crippen LogP contribution in [0.15, 0.2) is 84.4 Å². The van der Waals surface area contributed by atoms with Crippen molar-refractivity contribution in [3.05, 3.63) is 101 Å². The van der Waals surface area contributed by atoms with E-state index in [1.54, 1.807) is 46.4 Å². The smallest absolute Gasteiger partial charge is 0.203 e. The summed E-state index contributed by atoms with van der Waals surface area (Å²) < 4.78 is 3.34. The third-order valence-corrected chi connectivity index (χ3v) is 5.16. The molecule has 33 heavy (non-hydrogen) atoms. The van der Waals surface area contributed by atoms with Crippen LogP contribution in [0, 0.1) is 0 Å². The number of benzene rings is 1. The van der Waals surface area contributed by atoms with Crippen LogP contribution in [0.2, 0.25) is 0 Å². The lowest BCUT2D eigenvalue weighted by Crippen LogP contribution is -2.16. The molecule has 4 aromatic heterocycles. The molecule has 0 fully saturated rings. The molecule has 0 saturated carbocycles. The molecule has 0 aliphatic rings. The summed E-state index contributed by atoms with van der Waals surface area (Å²) in [5.74, 6) is 1.06. The molecule has 0 aliphatic heterocycles. The molecule has 9 heteroatoms. The van der Waals surface area contributed by atoms with E-state index < -0.39 is 0 Å². The lowest BCUT2D eigenvalue weighted by molar-refractivity contribution is 0.762. The van der Waals surface area contributed by atoms with Gasteiger partial charge in [-0.25, -0.2) is 19.6 Å². The summed E-state index contributed by atoms with van der Waals surface area (Å²) in [5.41, 5.74) is 10.3. The average Bonchev–Trinajstić information content (AvgIpc) is 3.28. The Morgan fingerprint density at radius 2 is 1.73 bits per heavy atom. The highest BCUT2D eigenvalue weighted by Gasteiger charge is 2.09. The second-order valence-corrected chi connectivity index (χ2v) is 7.59. The largest absolute Gasteiger partial charge is 0.384 e. The Labute approximate surface area is 189 Å². The highest BCUT2D eigenvalue weighted by molar-refractivity contribution is 5.64. The van der Waals surface area contributed by atoms with Crippen LogP contribution in [0.3, 0.4) is 0 Å². The zero-order valence-corrected chi connectivity index (χ0v) is 17.8. The highest BCUT2D eigenvalue weighted by atomic mass is 16.1. The van der Waals surface area contributed by atoms with Gasteiger partial charge in [-0.05, 0) is 23.8 Å². The molecule has 0 saturated heterocycles. The third-order valence-electron chi connectivity index (χ3n) is 5.16. The van der Waals surface area contributed by atoms with Crippen molar-refractivity contribution in [2.75, 3.05) is 5.73 Å². The van der Waals surface area contributed by atoms with Crippen molar-refractivity contribution in [1.29, 1.82) is 0 Å². The Morgan fingerprint density at radius 3 is 2.45 bits per heavy atom. The summed E-state index contributed by atoms with van der Waals surface area (Å²) in [6.45, 7) is 0. The first-order valence-corrected chi connectivity index (χ1v) is 10.3. The van der Waals surface area contributed by atoms with Crippen molar-refractivity contribution in [3.63, 3.8) is 0 Å². The van der Waals surface area contributed by atoms with E-state index in [1.165, 1.54) is 6.07 Å². The van der Waals surface area contributed by atoms with E-state index in [0.29, 0.717) is 23.8 Å². The van der Waals surface area contributed by atoms with E-state index in [2.05, 4.69) is 25.1 Å². The van der Waals surface area contributed by atoms with Gasteiger partial charge >= 0.3 is 0 Å². The minimum atomic E-state index is -0.113. The Kier molecular flexibility index (Phi) is 5.19. The number of nitrogens with two attached hydrogens (primary N) is 1. The first-order valence-electron chi connectivity index (χ1n) is 10.3. The van der Waals surface area contributed by atoms with Gasteiger partial charge in [0.05, 0.1) is 12.4 Å². The molecule has 0 bridgehead atoms. The van der Waals surface area contributed by atoms with Crippen molar-refractivity contribution < 1.29 is 0 Å². The molecule has 0 unspecified atom stereocenters. The Morgan fingerprint density at radius 1 is 0.909 bits per heavy atom. The van der Waals surface area contributed by atoms with E-state index in [9.17, 15) is 4.79 Å². The lowest BCUT2D eigenvalue weighted by Gasteiger charge is -2.07. The fourth-order valence-electron chi connectivity index (χ4n) is 3.46. The third kappa shape index (κ3) is 4.38. The predicted molar refractivity (Wildman–Crippen MR) is 125 cm³/mol. The summed E-state index contributed by atoms with van der Waals surface area (Å²) in [7, 11) is 1.83. The van der Waals surface area contributed by atoms with Crippen LogP contribution in [0.1, 0.15) is 11.3 Å². The van der Waals surface area contributed by atoms with Gasteiger partial charge in [0.1, 0.15) is 17.2 Å². The molecule has 2 N–H and O–H groups in total. The van der Waals surface area contributed by atoms with Gasteiger partial charge in [0.15, 0.2) is 5.82 Å². The number of hydrogen-bond donors (Lipinski definition) is 1. The highest BCUT2D eigenvalue weighted by Crippen LogP contribution is 2.21. The molecular formula is C24H20N8O. The van der Waals surface area contributed by atoms with E-state index >= 15 is 0 Å². The van der Waals surface area contributed by atoms with Crippen LogP contribution in [-0.2, 0) is 13.5 Å². The molecule has 0 radical (unpaired) electrons. The maximum absolute atomic E-state index is 12.4. The van der Waals surface area contributed by atoms with Crippen LogP contribution >= 0.6 is 0 Å². The Hall–Kier alpha value is -4.66. The van der Waals surface area contributed by atoms with Crippen LogP contribution in [0.4, 0.5) is 5.82 Å². The fraction of sp³-hybridized carbons (Fsp3) is 0.0833. The molecule has 0 atom stereocenters. The van der Waals surface area contributed by atoms with E-state index in [0.717, 1.165) is 27.9 Å². The Balaban J connectivity index is 1.40. The number of pyridine rings is 1. The number of nitrogens with zero attached hydrogens (tertiary/aromatic N) is 7. The van der Waals surface area contributed by atoms with Gasteiger partial charge in [-0.2, -0.15) is 10.2 Å². The van der Waals surface area contributed by atoms with Crippen molar-refractivity contribution in [2.24, 2.45) is 7.05 Å². The van der Waals surface area contributed by atoms with Crippen LogP contribution in [0.5, 0.6) is 0 Å². The van der Waals surface area contributed by atoms with Gasteiger partial charge in [-0.3, -0.25) is 9.48 Å². The van der Waals surface area contributed by atoms with Gasteiger partial charge in [-0.15, -0.1) is 0 Å². The van der Waals surface area contributed by atoms with Crippen molar-refractivity contribution in [2.45, 2.75) is 6.42 Å². The molecule has 4 heterocycles. The topological polar surface area (TPSA) is 117 Å². The molecular weight excluding hydrogens is 416 g/mol. The number of nitrogen functional groups attached to an aromatic ring is 1. The van der Waals surface area contributed by atoms with E-state index in [-0.39, 0.29) is 5.43 Å². The second-order valence-electron chi connectivity index (χ2n) is 7.59. The number of rotatable bonds is 5. The SMILES string of the molecule is Cn1cc(-n2ccc(=O)c(Cc3cccc(-c4ncc(-c5ccc(N)nc5)cn4)c3)n2)cn1. The van der Waals surface area contributed by atoms with Gasteiger partial charge in [0.2, 0.25) is 5.43 Å². The maximum atomic E-state index is 12.4. The quantitative estimate of drug-likeness (QED) is 0.450. The number of aromatic nitrogens is 7. The molecule has 0 aliphatic carbocycles. The lowest BCUT2D eigenvalue weighted by atomic mass is 10.1. The minimum Gasteiger partial charge on any atom is -0.384 e. The summed E-state index contributed by atoms with van der Waals surface area (Å²) in [6.07, 6.45) is 10.8. The summed E-state index contributed by atoms with van der Waals surface area (Å²) in [4.78, 5) is 25.5. The van der Waals surface area contributed by atoms with Gasteiger partial charge in [0.25, 0.3) is 0 Å². The average molecular weight is 436 g/mol. The summed E-state index contributed by atoms with van der Waals surface area (Å²) in [6, 6.07) is 12.9. The zero-order chi connectivity index (χ0) is 22.8. The standard InChI is InChI=1S/C24H20N8O/c1-31-15-20(14-29-31)32-8-7-22(33)21(30-32)10-16-3-2-4-17(9-16)24-27-12-19(13-28-24)18-5-6-23(25)26-11-18/h2-9,11-15H,10H2,1H3,(H2,25,26). The molecule has 0 spiro atoms. The monoisotopic (exact) mass is 436 g/mol. The minimum absolute atomic E-state index is 0.113. The van der Waals surface area contributed by atoms with Crippen LogP contribution in [-0.4, -0.2) is 34.5 Å². The number of hydrogen-bond acceptors (Lipinski definition) is 7. The molecule has 5 rings (SSSR count). The molecule has 5 aromatic rings.